The number of amides is 3. The number of carbonyl (C=O) groups excluding carboxylic acids is 3. The summed E-state index contributed by atoms with van der Waals surface area (Å²) in [6.45, 7) is 9.99. The molecule has 8 heteroatoms. The molecule has 3 fully saturated rings. The van der Waals surface area contributed by atoms with E-state index in [1.54, 1.807) is 17.9 Å². The Morgan fingerprint density at radius 2 is 1.83 bits per heavy atom. The fourth-order valence-corrected chi connectivity index (χ4v) is 4.57. The first-order valence-electron chi connectivity index (χ1n) is 10.3. The predicted octanol–water partition coefficient (Wildman–Crippen LogP) is 2.58. The van der Waals surface area contributed by atoms with Crippen molar-refractivity contribution in [3.8, 4) is 0 Å². The van der Waals surface area contributed by atoms with Crippen LogP contribution in [0.15, 0.2) is 18.2 Å². The molecule has 3 aliphatic heterocycles. The Balaban J connectivity index is 1.38. The van der Waals surface area contributed by atoms with Gasteiger partial charge in [-0.25, -0.2) is 9.18 Å². The first-order chi connectivity index (χ1) is 13.9. The van der Waals surface area contributed by atoms with Crippen LogP contribution in [0, 0.1) is 11.2 Å². The van der Waals surface area contributed by atoms with Gasteiger partial charge in [-0.2, -0.15) is 0 Å². The molecule has 0 aromatic heterocycles. The van der Waals surface area contributed by atoms with Gasteiger partial charge in [-0.3, -0.25) is 14.9 Å². The molecule has 0 radical (unpaired) electrons. The van der Waals surface area contributed by atoms with Gasteiger partial charge in [-0.05, 0) is 46.2 Å². The number of nitrogens with one attached hydrogen (secondary N) is 1. The standard InChI is InChI=1S/C22H28FN3O4/c1-20(2,3)30-19(29)26-12-22(13-26)10-25(11-22)14-5-6-15(16(23)9-14)21(4)8-7-17(27)24-18(21)28/h5-6,9H,7-8,10-13H2,1-4H3,(H,24,27,28). The molecule has 3 heterocycles. The van der Waals surface area contributed by atoms with Gasteiger partial charge in [0.05, 0.1) is 5.41 Å². The number of nitrogens with zero attached hydrogens (tertiary/aromatic N) is 2. The van der Waals surface area contributed by atoms with Gasteiger partial charge in [-0.1, -0.05) is 6.07 Å². The van der Waals surface area contributed by atoms with Crippen molar-refractivity contribution in [3.05, 3.63) is 29.6 Å². The van der Waals surface area contributed by atoms with Crippen LogP contribution in [-0.4, -0.2) is 54.6 Å². The lowest BCUT2D eigenvalue weighted by Crippen LogP contribution is -2.73. The van der Waals surface area contributed by atoms with Gasteiger partial charge in [0.1, 0.15) is 11.4 Å². The molecular formula is C22H28FN3O4. The molecule has 0 saturated carbocycles. The Bertz CT molecular complexity index is 911. The highest BCUT2D eigenvalue weighted by molar-refractivity contribution is 6.03. The fraction of sp³-hybridized carbons (Fsp3) is 0.591. The van der Waals surface area contributed by atoms with Crippen LogP contribution in [-0.2, 0) is 19.7 Å². The number of likely N-dealkylation sites (tertiary alicyclic amines) is 1. The lowest BCUT2D eigenvalue weighted by atomic mass is 9.72. The largest absolute Gasteiger partial charge is 0.444 e. The summed E-state index contributed by atoms with van der Waals surface area (Å²) in [4.78, 5) is 39.6. The molecule has 1 spiro atoms. The second-order valence-corrected chi connectivity index (χ2v) is 10.1. The van der Waals surface area contributed by atoms with Gasteiger partial charge in [0.2, 0.25) is 11.8 Å². The van der Waals surface area contributed by atoms with E-state index < -0.39 is 22.7 Å². The van der Waals surface area contributed by atoms with Gasteiger partial charge >= 0.3 is 6.09 Å². The summed E-state index contributed by atoms with van der Waals surface area (Å²) in [5.74, 6) is -1.21. The molecule has 162 valence electrons. The van der Waals surface area contributed by atoms with Crippen molar-refractivity contribution >= 4 is 23.6 Å². The second-order valence-electron chi connectivity index (χ2n) is 10.1. The number of piperidine rings is 1. The highest BCUT2D eigenvalue weighted by Crippen LogP contribution is 2.43. The van der Waals surface area contributed by atoms with Crippen molar-refractivity contribution in [1.29, 1.82) is 0 Å². The molecular weight excluding hydrogens is 389 g/mol. The number of carbonyl (C=O) groups is 3. The summed E-state index contributed by atoms with van der Waals surface area (Å²) in [5, 5.41) is 2.31. The number of rotatable bonds is 2. The van der Waals surface area contributed by atoms with Crippen molar-refractivity contribution in [1.82, 2.24) is 10.2 Å². The normalized spacial score (nSPS) is 25.5. The van der Waals surface area contributed by atoms with E-state index in [1.165, 1.54) is 6.07 Å². The maximum Gasteiger partial charge on any atom is 0.410 e. The van der Waals surface area contributed by atoms with Gasteiger partial charge in [0.25, 0.3) is 0 Å². The predicted molar refractivity (Wildman–Crippen MR) is 109 cm³/mol. The van der Waals surface area contributed by atoms with Crippen LogP contribution in [0.1, 0.15) is 46.1 Å². The molecule has 3 saturated heterocycles. The second kappa shape index (κ2) is 6.68. The van der Waals surface area contributed by atoms with E-state index in [0.29, 0.717) is 25.1 Å². The van der Waals surface area contributed by atoms with Gasteiger partial charge in [0, 0.05) is 49.3 Å². The molecule has 1 aromatic rings. The Kier molecular flexibility index (Phi) is 4.60. The molecule has 1 N–H and O–H groups in total. The summed E-state index contributed by atoms with van der Waals surface area (Å²) < 4.78 is 20.3. The third kappa shape index (κ3) is 3.52. The Morgan fingerprint density at radius 1 is 1.17 bits per heavy atom. The summed E-state index contributed by atoms with van der Waals surface area (Å²) in [7, 11) is 0. The van der Waals surface area contributed by atoms with Crippen molar-refractivity contribution in [3.63, 3.8) is 0 Å². The van der Waals surface area contributed by atoms with Crippen molar-refractivity contribution < 1.29 is 23.5 Å². The molecule has 3 aliphatic rings. The summed E-state index contributed by atoms with van der Waals surface area (Å²) >= 11 is 0. The number of ether oxygens (including phenoxy) is 1. The zero-order valence-corrected chi connectivity index (χ0v) is 17.9. The van der Waals surface area contributed by atoms with Crippen LogP contribution in [0.2, 0.25) is 0 Å². The van der Waals surface area contributed by atoms with Gasteiger partial charge in [-0.15, -0.1) is 0 Å². The third-order valence-electron chi connectivity index (χ3n) is 6.28. The van der Waals surface area contributed by atoms with Crippen LogP contribution < -0.4 is 10.2 Å². The monoisotopic (exact) mass is 417 g/mol. The number of hydrogen-bond donors (Lipinski definition) is 1. The number of benzene rings is 1. The number of halogens is 1. The Labute approximate surface area is 175 Å². The molecule has 7 nitrogen and oxygen atoms in total. The lowest BCUT2D eigenvalue weighted by Gasteiger charge is -2.60. The molecule has 1 atom stereocenters. The quantitative estimate of drug-likeness (QED) is 0.749. The van der Waals surface area contributed by atoms with E-state index in [1.807, 2.05) is 26.8 Å². The van der Waals surface area contributed by atoms with E-state index in [9.17, 15) is 18.8 Å². The lowest BCUT2D eigenvalue weighted by molar-refractivity contribution is -0.137. The van der Waals surface area contributed by atoms with E-state index in [0.717, 1.165) is 18.8 Å². The highest BCUT2D eigenvalue weighted by atomic mass is 19.1. The van der Waals surface area contributed by atoms with Crippen LogP contribution in [0.25, 0.3) is 0 Å². The van der Waals surface area contributed by atoms with Crippen LogP contribution >= 0.6 is 0 Å². The summed E-state index contributed by atoms with van der Waals surface area (Å²) in [6, 6.07) is 4.94. The van der Waals surface area contributed by atoms with Crippen LogP contribution in [0.3, 0.4) is 0 Å². The Hall–Kier alpha value is -2.64. The summed E-state index contributed by atoms with van der Waals surface area (Å²) in [5.41, 5.74) is -0.445. The van der Waals surface area contributed by atoms with E-state index in [-0.39, 0.29) is 23.8 Å². The van der Waals surface area contributed by atoms with Crippen molar-refractivity contribution in [2.24, 2.45) is 5.41 Å². The van der Waals surface area contributed by atoms with Crippen molar-refractivity contribution in [2.45, 2.75) is 51.6 Å². The topological polar surface area (TPSA) is 79.0 Å². The van der Waals surface area contributed by atoms with Crippen LogP contribution in [0.5, 0.6) is 0 Å². The average Bonchev–Trinajstić information content (AvgIpc) is 2.54. The summed E-state index contributed by atoms with van der Waals surface area (Å²) in [6.07, 6.45) is 0.201. The molecule has 0 bridgehead atoms. The minimum Gasteiger partial charge on any atom is -0.444 e. The SMILES string of the molecule is CC(C)(C)OC(=O)N1CC2(C1)CN(c1ccc(C3(C)CCC(=O)NC3=O)c(F)c1)C2. The van der Waals surface area contributed by atoms with E-state index in [2.05, 4.69) is 10.2 Å². The first kappa shape index (κ1) is 20.6. The average molecular weight is 417 g/mol. The molecule has 4 rings (SSSR count). The maximum absolute atomic E-state index is 14.9. The van der Waals surface area contributed by atoms with E-state index >= 15 is 0 Å². The van der Waals surface area contributed by atoms with Gasteiger partial charge < -0.3 is 14.5 Å². The molecule has 1 aromatic carbocycles. The minimum atomic E-state index is -1.05. The van der Waals surface area contributed by atoms with E-state index in [4.69, 9.17) is 4.74 Å². The zero-order chi connectivity index (χ0) is 21.9. The first-order valence-corrected chi connectivity index (χ1v) is 10.3. The maximum atomic E-state index is 14.9. The van der Waals surface area contributed by atoms with Gasteiger partial charge in [0.15, 0.2) is 0 Å². The Morgan fingerprint density at radius 3 is 2.40 bits per heavy atom. The van der Waals surface area contributed by atoms with Crippen molar-refractivity contribution in [2.75, 3.05) is 31.1 Å². The molecule has 3 amide bonds. The number of imide groups is 1. The van der Waals surface area contributed by atoms with Crippen LogP contribution in [0.4, 0.5) is 14.9 Å². The molecule has 30 heavy (non-hydrogen) atoms. The smallest absolute Gasteiger partial charge is 0.410 e. The minimum absolute atomic E-state index is 0.0433. The molecule has 0 aliphatic carbocycles. The number of anilines is 1. The fourth-order valence-electron chi connectivity index (χ4n) is 4.57. The highest BCUT2D eigenvalue weighted by Gasteiger charge is 2.54. The zero-order valence-electron chi connectivity index (χ0n) is 17.9. The third-order valence-corrected chi connectivity index (χ3v) is 6.28. The number of hydrogen-bond acceptors (Lipinski definition) is 5. The molecule has 1 unspecified atom stereocenters.